The molecule has 1 aliphatic heterocycles. The van der Waals surface area contributed by atoms with Crippen LogP contribution in [-0.2, 0) is 4.74 Å². The van der Waals surface area contributed by atoms with Crippen LogP contribution in [0.15, 0.2) is 18.2 Å². The molecule has 2 N–H and O–H groups in total. The number of nitrogens with one attached hydrogen (secondary N) is 1. The van der Waals surface area contributed by atoms with Gasteiger partial charge in [-0.15, -0.1) is 0 Å². The van der Waals surface area contributed by atoms with Crippen LogP contribution >= 0.6 is 11.6 Å². The van der Waals surface area contributed by atoms with Gasteiger partial charge in [0.1, 0.15) is 0 Å². The highest BCUT2D eigenvalue weighted by Gasteiger charge is 2.22. The Bertz CT molecular complexity index is 444. The average molecular weight is 270 g/mol. The molecule has 2 atom stereocenters. The van der Waals surface area contributed by atoms with Crippen LogP contribution in [-0.4, -0.2) is 30.3 Å². The molecule has 1 fully saturated rings. The van der Waals surface area contributed by atoms with Gasteiger partial charge in [0.15, 0.2) is 0 Å². The Hall–Kier alpha value is -1.26. The largest absolute Gasteiger partial charge is 0.478 e. The van der Waals surface area contributed by atoms with Gasteiger partial charge in [-0.2, -0.15) is 0 Å². The number of carboxylic acid groups (broad SMARTS) is 1. The predicted octanol–water partition coefficient (Wildman–Crippen LogP) is 2.88. The molecular weight excluding hydrogens is 254 g/mol. The van der Waals surface area contributed by atoms with Crippen molar-refractivity contribution >= 4 is 23.3 Å². The number of aromatic carboxylic acids is 1. The van der Waals surface area contributed by atoms with E-state index in [0.29, 0.717) is 5.92 Å². The van der Waals surface area contributed by atoms with Crippen molar-refractivity contribution in [3.63, 3.8) is 0 Å². The van der Waals surface area contributed by atoms with Crippen LogP contribution in [0.5, 0.6) is 0 Å². The van der Waals surface area contributed by atoms with E-state index in [9.17, 15) is 4.79 Å². The van der Waals surface area contributed by atoms with Crippen LogP contribution in [0, 0.1) is 5.92 Å². The summed E-state index contributed by atoms with van der Waals surface area (Å²) >= 11 is 5.92. The Morgan fingerprint density at radius 2 is 2.39 bits per heavy atom. The number of anilines is 1. The Balaban J connectivity index is 2.05. The van der Waals surface area contributed by atoms with E-state index in [1.165, 1.54) is 6.07 Å². The Labute approximate surface area is 111 Å². The van der Waals surface area contributed by atoms with Crippen molar-refractivity contribution in [2.24, 2.45) is 5.92 Å². The number of carboxylic acids is 1. The monoisotopic (exact) mass is 269 g/mol. The minimum atomic E-state index is -1.01. The smallest absolute Gasteiger partial charge is 0.337 e. The maximum atomic E-state index is 10.8. The maximum absolute atomic E-state index is 10.8. The standard InChI is InChI=1S/C13H16ClNO3/c1-8(9-4-5-18-7-9)15-10-2-3-11(13(16)17)12(14)6-10/h2-3,6,8-9,15H,4-5,7H2,1H3,(H,16,17). The SMILES string of the molecule is CC(Nc1ccc(C(=O)O)c(Cl)c1)C1CCOC1. The number of hydrogen-bond donors (Lipinski definition) is 2. The maximum Gasteiger partial charge on any atom is 0.337 e. The second-order valence-corrected chi connectivity index (χ2v) is 4.96. The lowest BCUT2D eigenvalue weighted by atomic mass is 10.0. The number of carbonyl (C=O) groups is 1. The molecule has 0 amide bonds. The summed E-state index contributed by atoms with van der Waals surface area (Å²) in [5, 5.41) is 12.5. The molecule has 4 nitrogen and oxygen atoms in total. The lowest BCUT2D eigenvalue weighted by Crippen LogP contribution is -2.26. The fraction of sp³-hybridized carbons (Fsp3) is 0.462. The molecule has 0 spiro atoms. The second kappa shape index (κ2) is 5.59. The summed E-state index contributed by atoms with van der Waals surface area (Å²) in [5.41, 5.74) is 0.962. The molecule has 0 radical (unpaired) electrons. The van der Waals surface area contributed by atoms with Gasteiger partial charge < -0.3 is 15.2 Å². The first kappa shape index (κ1) is 13.2. The van der Waals surface area contributed by atoms with Gasteiger partial charge >= 0.3 is 5.97 Å². The fourth-order valence-corrected chi connectivity index (χ4v) is 2.37. The number of rotatable bonds is 4. The van der Waals surface area contributed by atoms with Crippen molar-refractivity contribution in [3.8, 4) is 0 Å². The highest BCUT2D eigenvalue weighted by Crippen LogP contribution is 2.24. The third-order valence-electron chi connectivity index (χ3n) is 3.27. The molecule has 0 aromatic heterocycles. The van der Waals surface area contributed by atoms with Gasteiger partial charge in [-0.25, -0.2) is 4.79 Å². The minimum Gasteiger partial charge on any atom is -0.478 e. The summed E-state index contributed by atoms with van der Waals surface area (Å²) in [6, 6.07) is 5.18. The van der Waals surface area contributed by atoms with E-state index in [2.05, 4.69) is 12.2 Å². The average Bonchev–Trinajstić information content (AvgIpc) is 2.81. The number of ether oxygens (including phenoxy) is 1. The van der Waals surface area contributed by atoms with E-state index in [-0.39, 0.29) is 16.6 Å². The summed E-state index contributed by atoms with van der Waals surface area (Å²) in [5.74, 6) is -0.522. The quantitative estimate of drug-likeness (QED) is 0.882. The van der Waals surface area contributed by atoms with Crippen molar-refractivity contribution < 1.29 is 14.6 Å². The molecule has 2 rings (SSSR count). The van der Waals surface area contributed by atoms with Crippen LogP contribution in [0.25, 0.3) is 0 Å². The molecule has 1 saturated heterocycles. The zero-order valence-corrected chi connectivity index (χ0v) is 10.9. The second-order valence-electron chi connectivity index (χ2n) is 4.56. The van der Waals surface area contributed by atoms with Gasteiger partial charge in [0, 0.05) is 24.3 Å². The first-order chi connectivity index (χ1) is 8.58. The molecule has 18 heavy (non-hydrogen) atoms. The molecule has 0 bridgehead atoms. The zero-order chi connectivity index (χ0) is 13.1. The van der Waals surface area contributed by atoms with Crippen LogP contribution in [0.4, 0.5) is 5.69 Å². The summed E-state index contributed by atoms with van der Waals surface area (Å²) in [6.45, 7) is 3.68. The molecule has 5 heteroatoms. The van der Waals surface area contributed by atoms with Crippen LogP contribution in [0.2, 0.25) is 5.02 Å². The van der Waals surface area contributed by atoms with Crippen molar-refractivity contribution in [1.82, 2.24) is 0 Å². The molecule has 1 aliphatic rings. The van der Waals surface area contributed by atoms with Crippen LogP contribution in [0.1, 0.15) is 23.7 Å². The summed E-state index contributed by atoms with van der Waals surface area (Å²) in [4.78, 5) is 10.8. The fourth-order valence-electron chi connectivity index (χ4n) is 2.11. The van der Waals surface area contributed by atoms with Gasteiger partial charge in [0.25, 0.3) is 0 Å². The van der Waals surface area contributed by atoms with Gasteiger partial charge in [-0.3, -0.25) is 0 Å². The predicted molar refractivity (Wildman–Crippen MR) is 70.4 cm³/mol. The minimum absolute atomic E-state index is 0.124. The number of hydrogen-bond acceptors (Lipinski definition) is 3. The topological polar surface area (TPSA) is 58.6 Å². The lowest BCUT2D eigenvalue weighted by Gasteiger charge is -2.20. The normalized spacial score (nSPS) is 20.7. The van der Waals surface area contributed by atoms with Gasteiger partial charge in [0.2, 0.25) is 0 Å². The number of halogens is 1. The summed E-state index contributed by atoms with van der Waals surface area (Å²) in [6.07, 6.45) is 1.05. The molecule has 2 unspecified atom stereocenters. The van der Waals surface area contributed by atoms with E-state index in [1.54, 1.807) is 12.1 Å². The highest BCUT2D eigenvalue weighted by atomic mass is 35.5. The van der Waals surface area contributed by atoms with E-state index in [0.717, 1.165) is 25.3 Å². The summed E-state index contributed by atoms with van der Waals surface area (Å²) in [7, 11) is 0. The van der Waals surface area contributed by atoms with E-state index in [4.69, 9.17) is 21.4 Å². The molecule has 1 heterocycles. The van der Waals surface area contributed by atoms with E-state index < -0.39 is 5.97 Å². The zero-order valence-electron chi connectivity index (χ0n) is 10.1. The van der Waals surface area contributed by atoms with Crippen molar-refractivity contribution in [1.29, 1.82) is 0 Å². The van der Waals surface area contributed by atoms with E-state index >= 15 is 0 Å². The summed E-state index contributed by atoms with van der Waals surface area (Å²) < 4.78 is 5.35. The van der Waals surface area contributed by atoms with Gasteiger partial charge in [-0.05, 0) is 31.5 Å². The molecule has 1 aromatic carbocycles. The Kier molecular flexibility index (Phi) is 4.09. The van der Waals surface area contributed by atoms with Crippen LogP contribution in [0.3, 0.4) is 0 Å². The van der Waals surface area contributed by atoms with Crippen molar-refractivity contribution in [2.45, 2.75) is 19.4 Å². The molecule has 0 aliphatic carbocycles. The molecular formula is C13H16ClNO3. The van der Waals surface area contributed by atoms with Crippen molar-refractivity contribution in [3.05, 3.63) is 28.8 Å². The Morgan fingerprint density at radius 3 is 2.94 bits per heavy atom. The molecule has 0 saturated carbocycles. The third-order valence-corrected chi connectivity index (χ3v) is 3.58. The van der Waals surface area contributed by atoms with E-state index in [1.807, 2.05) is 0 Å². The van der Waals surface area contributed by atoms with Crippen LogP contribution < -0.4 is 5.32 Å². The first-order valence-electron chi connectivity index (χ1n) is 5.95. The number of benzene rings is 1. The lowest BCUT2D eigenvalue weighted by molar-refractivity contribution is 0.0697. The molecule has 1 aromatic rings. The first-order valence-corrected chi connectivity index (χ1v) is 6.33. The molecule has 98 valence electrons. The van der Waals surface area contributed by atoms with Crippen molar-refractivity contribution in [2.75, 3.05) is 18.5 Å². The highest BCUT2D eigenvalue weighted by molar-refractivity contribution is 6.33. The Morgan fingerprint density at radius 1 is 1.61 bits per heavy atom. The van der Waals surface area contributed by atoms with Gasteiger partial charge in [0.05, 0.1) is 17.2 Å². The third kappa shape index (κ3) is 2.94. The van der Waals surface area contributed by atoms with Gasteiger partial charge in [-0.1, -0.05) is 11.6 Å².